The van der Waals surface area contributed by atoms with Crippen molar-refractivity contribution in [3.8, 4) is 11.8 Å². The smallest absolute Gasteiger partial charge is 0.174 e. The van der Waals surface area contributed by atoms with Crippen LogP contribution in [0.25, 0.3) is 0 Å². The Labute approximate surface area is 65.9 Å². The Morgan fingerprint density at radius 1 is 1.64 bits per heavy atom. The van der Waals surface area contributed by atoms with Gasteiger partial charge in [0.2, 0.25) is 0 Å². The van der Waals surface area contributed by atoms with Crippen LogP contribution in [0.5, 0.6) is 0 Å². The lowest BCUT2D eigenvalue weighted by Crippen LogP contribution is -2.03. The Balaban J connectivity index is 3.03. The molecule has 0 aromatic heterocycles. The zero-order valence-corrected chi connectivity index (χ0v) is 6.64. The summed E-state index contributed by atoms with van der Waals surface area (Å²) in [4.78, 5) is 11.1. The molecule has 1 atom stereocenters. The molecule has 0 aromatic carbocycles. The van der Waals surface area contributed by atoms with Crippen LogP contribution >= 0.6 is 0 Å². The zero-order valence-electron chi connectivity index (χ0n) is 6.64. The summed E-state index contributed by atoms with van der Waals surface area (Å²) < 4.78 is 0. The molecule has 0 radical (unpaired) electrons. The first-order valence-electron chi connectivity index (χ1n) is 3.51. The average molecular weight is 150 g/mol. The van der Waals surface area contributed by atoms with Crippen LogP contribution in [0, 0.1) is 11.8 Å². The van der Waals surface area contributed by atoms with Crippen molar-refractivity contribution in [3.05, 3.63) is 11.1 Å². The highest BCUT2D eigenvalue weighted by Crippen LogP contribution is 2.21. The van der Waals surface area contributed by atoms with E-state index in [1.807, 2.05) is 0 Å². The van der Waals surface area contributed by atoms with E-state index in [9.17, 15) is 9.90 Å². The molecule has 2 heteroatoms. The minimum absolute atomic E-state index is 0.0376. The first-order chi connectivity index (χ1) is 5.16. The zero-order chi connectivity index (χ0) is 8.43. The average Bonchev–Trinajstić information content (AvgIpc) is 2.17. The van der Waals surface area contributed by atoms with Crippen LogP contribution < -0.4 is 0 Å². The van der Waals surface area contributed by atoms with Crippen molar-refractivity contribution in [2.45, 2.75) is 26.4 Å². The lowest BCUT2D eigenvalue weighted by Gasteiger charge is -1.97. The molecular weight excluding hydrogens is 140 g/mol. The summed E-state index contributed by atoms with van der Waals surface area (Å²) >= 11 is 0. The molecule has 0 bridgehead atoms. The normalized spacial score (nSPS) is 23.5. The number of ketones is 1. The predicted octanol–water partition coefficient (Wildman–Crippen LogP) is 0.660. The van der Waals surface area contributed by atoms with Gasteiger partial charge in [-0.05, 0) is 19.4 Å². The Morgan fingerprint density at radius 3 is 2.64 bits per heavy atom. The number of aliphatic hydroxyl groups excluding tert-OH is 1. The predicted molar refractivity (Wildman–Crippen MR) is 41.8 cm³/mol. The molecule has 1 N–H and O–H groups in total. The Hall–Kier alpha value is -1.07. The summed E-state index contributed by atoms with van der Waals surface area (Å²) in [6.45, 7) is 3.42. The minimum Gasteiger partial charge on any atom is -0.388 e. The van der Waals surface area contributed by atoms with Gasteiger partial charge in [0.05, 0.1) is 11.7 Å². The number of hydrogen-bond acceptors (Lipinski definition) is 2. The van der Waals surface area contributed by atoms with Gasteiger partial charge in [-0.1, -0.05) is 5.92 Å². The minimum atomic E-state index is -0.599. The van der Waals surface area contributed by atoms with E-state index in [0.717, 1.165) is 0 Å². The number of allylic oxidation sites excluding steroid dienone is 1. The van der Waals surface area contributed by atoms with Crippen molar-refractivity contribution in [2.24, 2.45) is 0 Å². The van der Waals surface area contributed by atoms with E-state index in [1.54, 1.807) is 13.8 Å². The van der Waals surface area contributed by atoms with Crippen LogP contribution in [-0.4, -0.2) is 17.0 Å². The number of rotatable bonds is 0. The third kappa shape index (κ3) is 1.33. The van der Waals surface area contributed by atoms with Crippen LogP contribution in [0.3, 0.4) is 0 Å². The molecular formula is C9H10O2. The van der Waals surface area contributed by atoms with E-state index >= 15 is 0 Å². The molecule has 0 aromatic rings. The van der Waals surface area contributed by atoms with Crippen molar-refractivity contribution in [1.29, 1.82) is 0 Å². The molecule has 0 fully saturated rings. The molecule has 2 nitrogen and oxygen atoms in total. The van der Waals surface area contributed by atoms with E-state index < -0.39 is 6.10 Å². The molecule has 0 amide bonds. The maximum absolute atomic E-state index is 11.1. The molecule has 0 saturated carbocycles. The third-order valence-electron chi connectivity index (χ3n) is 1.80. The van der Waals surface area contributed by atoms with E-state index in [2.05, 4.69) is 11.8 Å². The molecule has 58 valence electrons. The molecule has 11 heavy (non-hydrogen) atoms. The van der Waals surface area contributed by atoms with Crippen LogP contribution in [0.15, 0.2) is 11.1 Å². The van der Waals surface area contributed by atoms with Crippen molar-refractivity contribution >= 4 is 5.78 Å². The van der Waals surface area contributed by atoms with Crippen molar-refractivity contribution in [2.75, 3.05) is 0 Å². The van der Waals surface area contributed by atoms with Crippen LogP contribution in [0.1, 0.15) is 20.3 Å². The van der Waals surface area contributed by atoms with Gasteiger partial charge in [-0.3, -0.25) is 4.79 Å². The standard InChI is InChI=1S/C9H10O2/c1-3-4-7-6(2)8(10)5-9(7)11/h8,10H,5H2,1-2H3. The Kier molecular flexibility index (Phi) is 2.11. The quantitative estimate of drug-likeness (QED) is 0.515. The highest BCUT2D eigenvalue weighted by atomic mass is 16.3. The van der Waals surface area contributed by atoms with E-state index in [4.69, 9.17) is 0 Å². The summed E-state index contributed by atoms with van der Waals surface area (Å²) in [5, 5.41) is 9.22. The summed E-state index contributed by atoms with van der Waals surface area (Å²) in [7, 11) is 0. The maximum atomic E-state index is 11.1. The monoisotopic (exact) mass is 150 g/mol. The largest absolute Gasteiger partial charge is 0.388 e. The summed E-state index contributed by atoms with van der Waals surface area (Å²) in [5.74, 6) is 5.31. The molecule has 1 rings (SSSR count). The fourth-order valence-electron chi connectivity index (χ4n) is 1.11. The van der Waals surface area contributed by atoms with Crippen LogP contribution in [0.4, 0.5) is 0 Å². The van der Waals surface area contributed by atoms with Crippen LogP contribution in [-0.2, 0) is 4.79 Å². The van der Waals surface area contributed by atoms with Gasteiger partial charge in [0.15, 0.2) is 5.78 Å². The van der Waals surface area contributed by atoms with Crippen molar-refractivity contribution < 1.29 is 9.90 Å². The molecule has 1 aliphatic carbocycles. The summed E-state index contributed by atoms with van der Waals surface area (Å²) in [6.07, 6.45) is -0.395. The fourth-order valence-corrected chi connectivity index (χ4v) is 1.11. The maximum Gasteiger partial charge on any atom is 0.174 e. The van der Waals surface area contributed by atoms with Gasteiger partial charge in [0.25, 0.3) is 0 Å². The first-order valence-corrected chi connectivity index (χ1v) is 3.51. The lowest BCUT2D eigenvalue weighted by molar-refractivity contribution is -0.115. The lowest BCUT2D eigenvalue weighted by atomic mass is 10.1. The van der Waals surface area contributed by atoms with Gasteiger partial charge < -0.3 is 5.11 Å². The summed E-state index contributed by atoms with van der Waals surface area (Å²) in [5.41, 5.74) is 1.21. The van der Waals surface area contributed by atoms with Crippen molar-refractivity contribution in [1.82, 2.24) is 0 Å². The second-order valence-corrected chi connectivity index (χ2v) is 2.58. The van der Waals surface area contributed by atoms with Gasteiger partial charge in [-0.15, -0.1) is 5.92 Å². The van der Waals surface area contributed by atoms with E-state index in [0.29, 0.717) is 11.1 Å². The number of aliphatic hydroxyl groups is 1. The van der Waals surface area contributed by atoms with E-state index in [1.165, 1.54) is 0 Å². The molecule has 1 aliphatic rings. The number of carbonyl (C=O) groups is 1. The third-order valence-corrected chi connectivity index (χ3v) is 1.80. The number of Topliss-reactive ketones (excluding diaryl/α,β-unsaturated/α-hetero) is 1. The number of carbonyl (C=O) groups excluding carboxylic acids is 1. The molecule has 1 unspecified atom stereocenters. The van der Waals surface area contributed by atoms with Gasteiger partial charge in [0, 0.05) is 6.42 Å². The van der Waals surface area contributed by atoms with Gasteiger partial charge in [0.1, 0.15) is 0 Å². The molecule has 0 heterocycles. The van der Waals surface area contributed by atoms with Gasteiger partial charge in [-0.2, -0.15) is 0 Å². The fraction of sp³-hybridized carbons (Fsp3) is 0.444. The van der Waals surface area contributed by atoms with Crippen molar-refractivity contribution in [3.63, 3.8) is 0 Å². The molecule has 0 saturated heterocycles. The molecule has 0 aliphatic heterocycles. The highest BCUT2D eigenvalue weighted by molar-refractivity contribution is 6.03. The van der Waals surface area contributed by atoms with Gasteiger partial charge >= 0.3 is 0 Å². The van der Waals surface area contributed by atoms with E-state index in [-0.39, 0.29) is 12.2 Å². The van der Waals surface area contributed by atoms with Crippen LogP contribution in [0.2, 0.25) is 0 Å². The van der Waals surface area contributed by atoms with Gasteiger partial charge in [-0.25, -0.2) is 0 Å². The first kappa shape index (κ1) is 8.03. The Bertz CT molecular complexity index is 276. The highest BCUT2D eigenvalue weighted by Gasteiger charge is 2.26. The number of hydrogen-bond donors (Lipinski definition) is 1. The Morgan fingerprint density at radius 2 is 2.27 bits per heavy atom. The summed E-state index contributed by atoms with van der Waals surface area (Å²) in [6, 6.07) is 0. The second kappa shape index (κ2) is 2.89. The SMILES string of the molecule is CC#CC1=C(C)C(O)CC1=O. The second-order valence-electron chi connectivity index (χ2n) is 2.58. The topological polar surface area (TPSA) is 37.3 Å². The molecule has 0 spiro atoms.